The standard InChI is InChI=1S/C8H13NO/c9-8-4-6(8)5-10-7(8)2-1-3-7/h6H,1-5,9H2. The number of rotatable bonds is 0. The summed E-state index contributed by atoms with van der Waals surface area (Å²) in [6.07, 6.45) is 5.00. The van der Waals surface area contributed by atoms with E-state index in [0.717, 1.165) is 6.61 Å². The Hall–Kier alpha value is -0.0800. The fraction of sp³-hybridized carbons (Fsp3) is 1.00. The number of hydrogen-bond donors (Lipinski definition) is 1. The van der Waals surface area contributed by atoms with Gasteiger partial charge in [0.05, 0.1) is 17.7 Å². The van der Waals surface area contributed by atoms with Crippen molar-refractivity contribution < 1.29 is 4.74 Å². The molecule has 0 aromatic carbocycles. The highest BCUT2D eigenvalue weighted by Gasteiger charge is 2.71. The molecule has 56 valence electrons. The van der Waals surface area contributed by atoms with Gasteiger partial charge in [0.1, 0.15) is 0 Å². The Kier molecular flexibility index (Phi) is 0.710. The third-order valence-corrected chi connectivity index (χ3v) is 3.72. The molecule has 2 heteroatoms. The molecular formula is C8H13NO. The molecule has 2 atom stereocenters. The van der Waals surface area contributed by atoms with Crippen molar-refractivity contribution in [3.63, 3.8) is 0 Å². The maximum atomic E-state index is 6.17. The molecule has 0 bridgehead atoms. The van der Waals surface area contributed by atoms with Gasteiger partial charge in [0, 0.05) is 5.92 Å². The summed E-state index contributed by atoms with van der Waals surface area (Å²) < 4.78 is 5.72. The molecule has 10 heavy (non-hydrogen) atoms. The van der Waals surface area contributed by atoms with E-state index in [2.05, 4.69) is 0 Å². The zero-order valence-electron chi connectivity index (χ0n) is 6.10. The molecular weight excluding hydrogens is 126 g/mol. The zero-order valence-corrected chi connectivity index (χ0v) is 6.10. The number of hydrogen-bond acceptors (Lipinski definition) is 2. The first-order chi connectivity index (χ1) is 4.77. The lowest BCUT2D eigenvalue weighted by Gasteiger charge is -2.43. The van der Waals surface area contributed by atoms with Gasteiger partial charge in [0.15, 0.2) is 0 Å². The minimum absolute atomic E-state index is 0.130. The van der Waals surface area contributed by atoms with Gasteiger partial charge >= 0.3 is 0 Å². The van der Waals surface area contributed by atoms with Crippen LogP contribution in [-0.4, -0.2) is 17.7 Å². The van der Waals surface area contributed by atoms with E-state index in [4.69, 9.17) is 10.5 Å². The van der Waals surface area contributed by atoms with E-state index in [9.17, 15) is 0 Å². The van der Waals surface area contributed by atoms with Gasteiger partial charge < -0.3 is 10.5 Å². The number of nitrogens with two attached hydrogens (primary N) is 1. The van der Waals surface area contributed by atoms with Gasteiger partial charge in [-0.05, 0) is 25.7 Å². The molecule has 1 saturated heterocycles. The Balaban J connectivity index is 1.97. The summed E-state index contributed by atoms with van der Waals surface area (Å²) in [5.41, 5.74) is 6.46. The van der Waals surface area contributed by atoms with Crippen molar-refractivity contribution in [1.82, 2.24) is 0 Å². The van der Waals surface area contributed by atoms with Crippen LogP contribution in [0.3, 0.4) is 0 Å². The Morgan fingerprint density at radius 2 is 2.20 bits per heavy atom. The van der Waals surface area contributed by atoms with E-state index >= 15 is 0 Å². The first-order valence-corrected chi connectivity index (χ1v) is 4.20. The second-order valence-corrected chi connectivity index (χ2v) is 4.10. The molecule has 1 spiro atoms. The van der Waals surface area contributed by atoms with Crippen molar-refractivity contribution in [3.05, 3.63) is 0 Å². The molecule has 1 aliphatic heterocycles. The molecule has 0 aromatic heterocycles. The van der Waals surface area contributed by atoms with Crippen LogP contribution >= 0.6 is 0 Å². The summed E-state index contributed by atoms with van der Waals surface area (Å²) in [5, 5.41) is 0. The van der Waals surface area contributed by atoms with Crippen LogP contribution in [0.15, 0.2) is 0 Å². The highest BCUT2D eigenvalue weighted by molar-refractivity contribution is 5.26. The summed E-state index contributed by atoms with van der Waals surface area (Å²) in [4.78, 5) is 0. The van der Waals surface area contributed by atoms with Crippen LogP contribution in [-0.2, 0) is 4.74 Å². The predicted molar refractivity (Wildman–Crippen MR) is 37.6 cm³/mol. The van der Waals surface area contributed by atoms with Gasteiger partial charge in [0.2, 0.25) is 0 Å². The van der Waals surface area contributed by atoms with Crippen LogP contribution in [0.4, 0.5) is 0 Å². The van der Waals surface area contributed by atoms with Gasteiger partial charge in [-0.15, -0.1) is 0 Å². The minimum atomic E-state index is 0.130. The summed E-state index contributed by atoms with van der Waals surface area (Å²) >= 11 is 0. The van der Waals surface area contributed by atoms with Crippen LogP contribution in [0.2, 0.25) is 0 Å². The normalized spacial score (nSPS) is 54.3. The van der Waals surface area contributed by atoms with Gasteiger partial charge in [-0.2, -0.15) is 0 Å². The maximum Gasteiger partial charge on any atom is 0.0864 e. The molecule has 3 fully saturated rings. The van der Waals surface area contributed by atoms with Crippen molar-refractivity contribution in [2.24, 2.45) is 11.7 Å². The number of ether oxygens (including phenoxy) is 1. The smallest absolute Gasteiger partial charge is 0.0864 e. The summed E-state index contributed by atoms with van der Waals surface area (Å²) in [6, 6.07) is 0. The predicted octanol–water partition coefficient (Wildman–Crippen LogP) is 0.657. The van der Waals surface area contributed by atoms with Crippen LogP contribution < -0.4 is 5.73 Å². The van der Waals surface area contributed by atoms with E-state index in [-0.39, 0.29) is 11.1 Å². The van der Waals surface area contributed by atoms with E-state index < -0.39 is 0 Å². The molecule has 0 aromatic rings. The zero-order chi connectivity index (χ0) is 6.82. The van der Waals surface area contributed by atoms with Crippen LogP contribution in [0.1, 0.15) is 25.7 Å². The van der Waals surface area contributed by atoms with Crippen molar-refractivity contribution in [3.8, 4) is 0 Å². The van der Waals surface area contributed by atoms with Gasteiger partial charge in [0.25, 0.3) is 0 Å². The Morgan fingerprint density at radius 3 is 2.40 bits per heavy atom. The van der Waals surface area contributed by atoms with Crippen molar-refractivity contribution in [2.75, 3.05) is 6.61 Å². The van der Waals surface area contributed by atoms with Crippen molar-refractivity contribution in [2.45, 2.75) is 36.8 Å². The molecule has 2 unspecified atom stereocenters. The molecule has 2 nitrogen and oxygen atoms in total. The minimum Gasteiger partial charge on any atom is -0.373 e. The van der Waals surface area contributed by atoms with E-state index in [1.54, 1.807) is 0 Å². The van der Waals surface area contributed by atoms with Crippen molar-refractivity contribution in [1.29, 1.82) is 0 Å². The average molecular weight is 139 g/mol. The monoisotopic (exact) mass is 139 g/mol. The van der Waals surface area contributed by atoms with Crippen molar-refractivity contribution >= 4 is 0 Å². The first-order valence-electron chi connectivity index (χ1n) is 4.20. The SMILES string of the molecule is NC12CC1COC21CCC1. The fourth-order valence-corrected chi connectivity index (χ4v) is 2.62. The van der Waals surface area contributed by atoms with E-state index in [0.29, 0.717) is 5.92 Å². The van der Waals surface area contributed by atoms with E-state index in [1.807, 2.05) is 0 Å². The van der Waals surface area contributed by atoms with E-state index in [1.165, 1.54) is 25.7 Å². The van der Waals surface area contributed by atoms with Gasteiger partial charge in [-0.1, -0.05) is 0 Å². The fourth-order valence-electron chi connectivity index (χ4n) is 2.62. The summed E-state index contributed by atoms with van der Waals surface area (Å²) in [7, 11) is 0. The molecule has 3 aliphatic rings. The van der Waals surface area contributed by atoms with Crippen LogP contribution in [0.5, 0.6) is 0 Å². The molecule has 1 heterocycles. The Bertz CT molecular complexity index is 186. The van der Waals surface area contributed by atoms with Gasteiger partial charge in [-0.25, -0.2) is 0 Å². The summed E-state index contributed by atoms with van der Waals surface area (Å²) in [5.74, 6) is 0.716. The molecule has 0 amide bonds. The Morgan fingerprint density at radius 1 is 1.40 bits per heavy atom. The second kappa shape index (κ2) is 1.28. The molecule has 2 aliphatic carbocycles. The van der Waals surface area contributed by atoms with Crippen LogP contribution in [0.25, 0.3) is 0 Å². The number of fused-ring (bicyclic) bond motifs is 2. The summed E-state index contributed by atoms with van der Waals surface area (Å²) in [6.45, 7) is 0.941. The Labute approximate surface area is 60.7 Å². The lowest BCUT2D eigenvalue weighted by atomic mass is 9.73. The van der Waals surface area contributed by atoms with Gasteiger partial charge in [-0.3, -0.25) is 0 Å². The quantitative estimate of drug-likeness (QED) is 0.535. The average Bonchev–Trinajstić information content (AvgIpc) is 2.34. The molecule has 0 radical (unpaired) electrons. The molecule has 2 saturated carbocycles. The largest absolute Gasteiger partial charge is 0.373 e. The lowest BCUT2D eigenvalue weighted by Crippen LogP contribution is -2.54. The lowest BCUT2D eigenvalue weighted by molar-refractivity contribution is -0.0886. The highest BCUT2D eigenvalue weighted by atomic mass is 16.5. The third-order valence-electron chi connectivity index (χ3n) is 3.72. The maximum absolute atomic E-state index is 6.17. The topological polar surface area (TPSA) is 35.2 Å². The van der Waals surface area contributed by atoms with Crippen LogP contribution in [0, 0.1) is 5.92 Å². The molecule has 3 rings (SSSR count). The first kappa shape index (κ1) is 5.56. The molecule has 2 N–H and O–H groups in total. The highest BCUT2D eigenvalue weighted by Crippen LogP contribution is 2.62. The third kappa shape index (κ3) is 0.372. The second-order valence-electron chi connectivity index (χ2n) is 4.10.